The first-order valence-corrected chi connectivity index (χ1v) is 14.7. The van der Waals surface area contributed by atoms with E-state index in [1.54, 1.807) is 45.3 Å². The zero-order valence-electron chi connectivity index (χ0n) is 22.7. The van der Waals surface area contributed by atoms with E-state index in [0.29, 0.717) is 29.7 Å². The molecule has 0 radical (unpaired) electrons. The Morgan fingerprint density at radius 3 is 2.67 bits per heavy atom. The molecule has 1 aliphatic carbocycles. The van der Waals surface area contributed by atoms with Crippen LogP contribution >= 0.6 is 27.3 Å². The van der Waals surface area contributed by atoms with Crippen molar-refractivity contribution < 1.29 is 14.0 Å². The lowest BCUT2D eigenvalue weighted by atomic mass is 9.79. The van der Waals surface area contributed by atoms with E-state index >= 15 is 0 Å². The summed E-state index contributed by atoms with van der Waals surface area (Å²) < 4.78 is 16.7. The molecule has 0 atom stereocenters. The van der Waals surface area contributed by atoms with Crippen molar-refractivity contribution in [2.24, 2.45) is 5.92 Å². The van der Waals surface area contributed by atoms with Gasteiger partial charge in [0.2, 0.25) is 5.91 Å². The second-order valence-corrected chi connectivity index (χ2v) is 12.6. The van der Waals surface area contributed by atoms with Crippen molar-refractivity contribution >= 4 is 39.1 Å². The molecule has 5 rings (SSSR count). The quantitative estimate of drug-likeness (QED) is 0.265. The largest absolute Gasteiger partial charge is 0.349 e. The molecule has 11 heteroatoms. The molecule has 40 heavy (non-hydrogen) atoms. The van der Waals surface area contributed by atoms with E-state index in [9.17, 15) is 14.0 Å². The number of carbonyl (C=O) groups excluding carboxylic acids is 2. The summed E-state index contributed by atoms with van der Waals surface area (Å²) in [5.74, 6) is -0.839. The number of amides is 2. The molecule has 208 valence electrons. The van der Waals surface area contributed by atoms with Crippen LogP contribution in [0.15, 0.2) is 53.4 Å². The lowest BCUT2D eigenvalue weighted by Gasteiger charge is -2.39. The number of thiophene rings is 1. The van der Waals surface area contributed by atoms with Crippen LogP contribution in [0.4, 0.5) is 4.39 Å². The first-order chi connectivity index (χ1) is 19.1. The van der Waals surface area contributed by atoms with Gasteiger partial charge in [0.15, 0.2) is 0 Å². The summed E-state index contributed by atoms with van der Waals surface area (Å²) in [5.41, 5.74) is 3.48. The Morgan fingerprint density at radius 2 is 1.98 bits per heavy atom. The molecule has 0 saturated heterocycles. The standard InChI is InChI=1S/C29H30BrFN6O2S/c1-16(2)36(14-21-8-22(30)5-6-25(21)31)29(39)19-9-23(10-19)33-28(38)20-11-24(13-32-12-20)37-15-26(34-35-37)27-7-17(3)18(4)40-27/h5-8,11-13,15-16,19,23H,9-10,14H2,1-4H3,(H,33,38). The molecule has 0 spiro atoms. The van der Waals surface area contributed by atoms with Crippen LogP contribution < -0.4 is 5.32 Å². The Labute approximate surface area is 244 Å². The number of benzene rings is 1. The van der Waals surface area contributed by atoms with Gasteiger partial charge in [-0.3, -0.25) is 14.6 Å². The minimum Gasteiger partial charge on any atom is -0.349 e. The van der Waals surface area contributed by atoms with Gasteiger partial charge in [-0.05, 0) is 76.4 Å². The van der Waals surface area contributed by atoms with Gasteiger partial charge in [-0.1, -0.05) is 21.1 Å². The first kappa shape index (κ1) is 28.1. The maximum Gasteiger partial charge on any atom is 0.253 e. The Morgan fingerprint density at radius 1 is 1.20 bits per heavy atom. The molecule has 8 nitrogen and oxygen atoms in total. The van der Waals surface area contributed by atoms with Crippen molar-refractivity contribution in [1.82, 2.24) is 30.2 Å². The van der Waals surface area contributed by atoms with Crippen molar-refractivity contribution in [1.29, 1.82) is 0 Å². The van der Waals surface area contributed by atoms with Gasteiger partial charge in [-0.15, -0.1) is 16.4 Å². The van der Waals surface area contributed by atoms with Crippen LogP contribution in [0.1, 0.15) is 53.1 Å². The van der Waals surface area contributed by atoms with Gasteiger partial charge >= 0.3 is 0 Å². The Hall–Kier alpha value is -3.44. The third-order valence-electron chi connectivity index (χ3n) is 7.24. The van der Waals surface area contributed by atoms with Crippen LogP contribution in [0, 0.1) is 25.6 Å². The van der Waals surface area contributed by atoms with Crippen LogP contribution in [-0.2, 0) is 11.3 Å². The number of hydrogen-bond acceptors (Lipinski definition) is 6. The summed E-state index contributed by atoms with van der Waals surface area (Å²) >= 11 is 5.04. The van der Waals surface area contributed by atoms with E-state index in [1.807, 2.05) is 20.0 Å². The highest BCUT2D eigenvalue weighted by atomic mass is 79.9. The molecular formula is C29H30BrFN6O2S. The third kappa shape index (κ3) is 6.00. The molecule has 0 bridgehead atoms. The van der Waals surface area contributed by atoms with Gasteiger partial charge < -0.3 is 10.2 Å². The Bertz CT molecular complexity index is 1540. The topological polar surface area (TPSA) is 93.0 Å². The molecule has 4 aromatic rings. The number of nitrogens with zero attached hydrogens (tertiary/aromatic N) is 5. The van der Waals surface area contributed by atoms with Gasteiger partial charge in [-0.2, -0.15) is 0 Å². The molecule has 1 fully saturated rings. The van der Waals surface area contributed by atoms with Crippen LogP contribution in [0.5, 0.6) is 0 Å². The number of aromatic nitrogens is 4. The highest BCUT2D eigenvalue weighted by Crippen LogP contribution is 2.32. The molecule has 2 amide bonds. The monoisotopic (exact) mass is 624 g/mol. The summed E-state index contributed by atoms with van der Waals surface area (Å²) in [6.07, 6.45) is 6.04. The third-order valence-corrected chi connectivity index (χ3v) is 8.91. The van der Waals surface area contributed by atoms with E-state index in [-0.39, 0.29) is 42.2 Å². The molecule has 1 saturated carbocycles. The number of hydrogen-bond donors (Lipinski definition) is 1. The number of carbonyl (C=O) groups is 2. The number of pyridine rings is 1. The van der Waals surface area contributed by atoms with E-state index in [2.05, 4.69) is 56.5 Å². The van der Waals surface area contributed by atoms with E-state index < -0.39 is 0 Å². The van der Waals surface area contributed by atoms with E-state index in [1.165, 1.54) is 22.7 Å². The SMILES string of the molecule is Cc1cc(-c2cn(-c3cncc(C(=O)NC4CC(C(=O)N(Cc5cc(Br)ccc5F)C(C)C)C4)c3)nn2)sc1C. The summed E-state index contributed by atoms with van der Waals surface area (Å²) in [6, 6.07) is 8.35. The molecule has 1 aromatic carbocycles. The fourth-order valence-corrected chi connectivity index (χ4v) is 6.08. The van der Waals surface area contributed by atoms with Crippen molar-refractivity contribution in [3.63, 3.8) is 0 Å². The highest BCUT2D eigenvalue weighted by Gasteiger charge is 2.38. The number of halogens is 2. The van der Waals surface area contributed by atoms with Gasteiger partial charge in [0.25, 0.3) is 5.91 Å². The van der Waals surface area contributed by atoms with Gasteiger partial charge in [0.05, 0.1) is 28.5 Å². The zero-order chi connectivity index (χ0) is 28.6. The van der Waals surface area contributed by atoms with Crippen LogP contribution in [0.25, 0.3) is 16.3 Å². The summed E-state index contributed by atoms with van der Waals surface area (Å²) in [4.78, 5) is 34.4. The molecule has 3 aromatic heterocycles. The smallest absolute Gasteiger partial charge is 0.253 e. The van der Waals surface area contributed by atoms with E-state index in [0.717, 1.165) is 15.0 Å². The van der Waals surface area contributed by atoms with Gasteiger partial charge in [-0.25, -0.2) is 9.07 Å². The normalized spacial score (nSPS) is 16.6. The summed E-state index contributed by atoms with van der Waals surface area (Å²) in [5, 5.41) is 11.5. The van der Waals surface area contributed by atoms with Crippen molar-refractivity contribution in [2.75, 3.05) is 0 Å². The zero-order valence-corrected chi connectivity index (χ0v) is 25.1. The van der Waals surface area contributed by atoms with Crippen molar-refractivity contribution in [2.45, 2.75) is 59.2 Å². The number of aryl methyl sites for hydroxylation is 2. The average molecular weight is 626 g/mol. The van der Waals surface area contributed by atoms with Crippen molar-refractivity contribution in [3.05, 3.63) is 80.8 Å². The second kappa shape index (κ2) is 11.6. The highest BCUT2D eigenvalue weighted by molar-refractivity contribution is 9.10. The number of nitrogens with one attached hydrogen (secondary N) is 1. The first-order valence-electron chi connectivity index (χ1n) is 13.1. The minimum absolute atomic E-state index is 0.0262. The fourth-order valence-electron chi connectivity index (χ4n) is 4.68. The van der Waals surface area contributed by atoms with Crippen LogP contribution in [0.2, 0.25) is 0 Å². The molecule has 1 N–H and O–H groups in total. The minimum atomic E-state index is -0.338. The summed E-state index contributed by atoms with van der Waals surface area (Å²) in [6.45, 7) is 8.19. The lowest BCUT2D eigenvalue weighted by Crippen LogP contribution is -2.51. The van der Waals surface area contributed by atoms with Gasteiger partial charge in [0.1, 0.15) is 11.5 Å². The Balaban J connectivity index is 1.19. The number of rotatable bonds is 8. The second-order valence-electron chi connectivity index (χ2n) is 10.5. The van der Waals surface area contributed by atoms with Gasteiger partial charge in [0, 0.05) is 45.7 Å². The molecule has 3 heterocycles. The molecule has 1 aliphatic rings. The lowest BCUT2D eigenvalue weighted by molar-refractivity contribution is -0.141. The summed E-state index contributed by atoms with van der Waals surface area (Å²) in [7, 11) is 0. The average Bonchev–Trinajstić information content (AvgIpc) is 3.52. The molecular weight excluding hydrogens is 595 g/mol. The predicted molar refractivity (Wildman–Crippen MR) is 156 cm³/mol. The predicted octanol–water partition coefficient (Wildman–Crippen LogP) is 5.85. The Kier molecular flexibility index (Phi) is 8.14. The maximum atomic E-state index is 14.3. The van der Waals surface area contributed by atoms with Crippen molar-refractivity contribution in [3.8, 4) is 16.3 Å². The molecule has 0 unspecified atom stereocenters. The molecule has 0 aliphatic heterocycles. The van der Waals surface area contributed by atoms with E-state index in [4.69, 9.17) is 0 Å². The van der Waals surface area contributed by atoms with Crippen LogP contribution in [-0.4, -0.2) is 48.8 Å². The maximum absolute atomic E-state index is 14.3. The van der Waals surface area contributed by atoms with Crippen LogP contribution in [0.3, 0.4) is 0 Å². The fraction of sp³-hybridized carbons (Fsp3) is 0.345.